The number of carbonyl (C=O) groups excluding carboxylic acids is 1. The standard InChI is InChI=1S/C13H17NO5S2/c1-13(2,16)6-7-20-12-5-4-10(8-11(12)19-3)21(17,18)14-9-15/h4-5,8,16H,6-7H2,1-3H3. The fraction of sp³-hybridized carbons (Fsp3) is 0.462. The zero-order valence-electron chi connectivity index (χ0n) is 12.0. The lowest BCUT2D eigenvalue weighted by Gasteiger charge is -2.16. The molecule has 0 aliphatic rings. The van der Waals surface area contributed by atoms with Gasteiger partial charge >= 0.3 is 0 Å². The van der Waals surface area contributed by atoms with Crippen molar-refractivity contribution >= 4 is 27.9 Å². The molecule has 1 aromatic rings. The Morgan fingerprint density at radius 3 is 2.62 bits per heavy atom. The highest BCUT2D eigenvalue weighted by atomic mass is 32.2. The van der Waals surface area contributed by atoms with Gasteiger partial charge in [-0.2, -0.15) is 8.42 Å². The van der Waals surface area contributed by atoms with Crippen LogP contribution in [0, 0.1) is 0 Å². The lowest BCUT2D eigenvalue weighted by molar-refractivity contribution is 0.0777. The second kappa shape index (κ2) is 7.09. The van der Waals surface area contributed by atoms with Gasteiger partial charge in [-0.1, -0.05) is 4.40 Å². The summed E-state index contributed by atoms with van der Waals surface area (Å²) in [4.78, 5) is 10.7. The second-order valence-corrected chi connectivity index (χ2v) is 7.62. The highest BCUT2D eigenvalue weighted by molar-refractivity contribution is 7.99. The molecule has 0 aromatic heterocycles. The van der Waals surface area contributed by atoms with Crippen molar-refractivity contribution in [3.63, 3.8) is 0 Å². The Morgan fingerprint density at radius 1 is 1.43 bits per heavy atom. The van der Waals surface area contributed by atoms with Crippen LogP contribution in [-0.4, -0.2) is 38.1 Å². The van der Waals surface area contributed by atoms with Crippen molar-refractivity contribution < 1.29 is 23.1 Å². The van der Waals surface area contributed by atoms with E-state index in [4.69, 9.17) is 4.74 Å². The first-order valence-electron chi connectivity index (χ1n) is 6.07. The van der Waals surface area contributed by atoms with Gasteiger partial charge in [0, 0.05) is 16.7 Å². The van der Waals surface area contributed by atoms with Gasteiger partial charge in [-0.15, -0.1) is 11.8 Å². The maximum absolute atomic E-state index is 11.6. The van der Waals surface area contributed by atoms with Crippen LogP contribution >= 0.6 is 11.8 Å². The molecule has 0 saturated carbocycles. The van der Waals surface area contributed by atoms with Crippen LogP contribution in [0.4, 0.5) is 0 Å². The summed E-state index contributed by atoms with van der Waals surface area (Å²) in [5.41, 5.74) is -0.762. The third kappa shape index (κ3) is 5.51. The number of rotatable bonds is 7. The lowest BCUT2D eigenvalue weighted by atomic mass is 10.1. The lowest BCUT2D eigenvalue weighted by Crippen LogP contribution is -2.19. The number of hydrogen-bond donors (Lipinski definition) is 1. The molecule has 116 valence electrons. The molecule has 21 heavy (non-hydrogen) atoms. The van der Waals surface area contributed by atoms with Gasteiger partial charge in [0.2, 0.25) is 0 Å². The molecule has 1 aromatic carbocycles. The first-order valence-corrected chi connectivity index (χ1v) is 8.49. The van der Waals surface area contributed by atoms with Crippen molar-refractivity contribution in [3.8, 4) is 5.75 Å². The van der Waals surface area contributed by atoms with Crippen molar-refractivity contribution in [2.75, 3.05) is 12.9 Å². The Labute approximate surface area is 128 Å². The third-order valence-corrected chi connectivity index (χ3v) is 4.78. The number of thioether (sulfide) groups is 1. The summed E-state index contributed by atoms with van der Waals surface area (Å²) in [6.45, 7) is 3.44. The van der Waals surface area contributed by atoms with Crippen LogP contribution in [0.3, 0.4) is 0 Å². The zero-order chi connectivity index (χ0) is 16.1. The highest BCUT2D eigenvalue weighted by Gasteiger charge is 2.17. The summed E-state index contributed by atoms with van der Waals surface area (Å²) in [5, 5.41) is 9.66. The number of methoxy groups -OCH3 is 1. The highest BCUT2D eigenvalue weighted by Crippen LogP contribution is 2.33. The average molecular weight is 331 g/mol. The van der Waals surface area contributed by atoms with E-state index in [1.807, 2.05) is 0 Å². The number of nitrogens with zero attached hydrogens (tertiary/aromatic N) is 1. The topological polar surface area (TPSA) is 93.0 Å². The molecule has 0 bridgehead atoms. The molecule has 0 aliphatic carbocycles. The predicted octanol–water partition coefficient (Wildman–Crippen LogP) is 1.97. The third-order valence-electron chi connectivity index (χ3n) is 2.56. The molecule has 0 spiro atoms. The zero-order valence-corrected chi connectivity index (χ0v) is 13.6. The normalized spacial score (nSPS) is 11.8. The van der Waals surface area contributed by atoms with E-state index in [2.05, 4.69) is 4.40 Å². The van der Waals surface area contributed by atoms with E-state index in [0.29, 0.717) is 17.9 Å². The Morgan fingerprint density at radius 2 is 2.10 bits per heavy atom. The first-order chi connectivity index (χ1) is 9.69. The van der Waals surface area contributed by atoms with Gasteiger partial charge in [0.25, 0.3) is 16.1 Å². The summed E-state index contributed by atoms with van der Waals surface area (Å²) in [6.07, 6.45) is 1.60. The van der Waals surface area contributed by atoms with E-state index in [0.717, 1.165) is 11.0 Å². The van der Waals surface area contributed by atoms with Gasteiger partial charge in [0.15, 0.2) is 0 Å². The molecule has 1 rings (SSSR count). The van der Waals surface area contributed by atoms with Gasteiger partial charge in [0.1, 0.15) is 5.75 Å². The summed E-state index contributed by atoms with van der Waals surface area (Å²) >= 11 is 1.44. The average Bonchev–Trinajstić information content (AvgIpc) is 2.37. The molecule has 0 atom stereocenters. The van der Waals surface area contributed by atoms with Crippen molar-refractivity contribution in [2.45, 2.75) is 35.7 Å². The number of ether oxygens (including phenoxy) is 1. The van der Waals surface area contributed by atoms with Crippen molar-refractivity contribution in [3.05, 3.63) is 18.2 Å². The molecule has 6 nitrogen and oxygen atoms in total. The van der Waals surface area contributed by atoms with Crippen LogP contribution in [0.15, 0.2) is 32.4 Å². The van der Waals surface area contributed by atoms with E-state index in [1.54, 1.807) is 19.9 Å². The maximum atomic E-state index is 11.6. The number of isocyanates is 1. The molecular weight excluding hydrogens is 314 g/mol. The fourth-order valence-electron chi connectivity index (χ4n) is 1.44. The summed E-state index contributed by atoms with van der Waals surface area (Å²) in [7, 11) is -2.61. The van der Waals surface area contributed by atoms with Gasteiger partial charge in [-0.3, -0.25) is 0 Å². The van der Waals surface area contributed by atoms with E-state index in [1.165, 1.54) is 31.0 Å². The molecule has 8 heteroatoms. The Kier molecular flexibility index (Phi) is 5.98. The van der Waals surface area contributed by atoms with E-state index in [9.17, 15) is 18.3 Å². The fourth-order valence-corrected chi connectivity index (χ4v) is 3.41. The van der Waals surface area contributed by atoms with Gasteiger partial charge in [-0.25, -0.2) is 4.79 Å². The van der Waals surface area contributed by atoms with Gasteiger partial charge < -0.3 is 9.84 Å². The SMILES string of the molecule is COc1cc(S(=O)(=O)N=C=O)ccc1SCCC(C)(C)O. The minimum Gasteiger partial charge on any atom is -0.496 e. The quantitative estimate of drug-likeness (QED) is 0.466. The molecule has 0 fully saturated rings. The monoisotopic (exact) mass is 331 g/mol. The Hall–Kier alpha value is -1.34. The van der Waals surface area contributed by atoms with Crippen LogP contribution in [0.25, 0.3) is 0 Å². The van der Waals surface area contributed by atoms with Crippen LogP contribution < -0.4 is 4.74 Å². The maximum Gasteiger partial charge on any atom is 0.292 e. The van der Waals surface area contributed by atoms with Crippen LogP contribution in [-0.2, 0) is 14.8 Å². The molecule has 0 radical (unpaired) electrons. The molecular formula is C13H17NO5S2. The van der Waals surface area contributed by atoms with Gasteiger partial charge in [0.05, 0.1) is 17.6 Å². The van der Waals surface area contributed by atoms with Crippen molar-refractivity contribution in [1.82, 2.24) is 0 Å². The van der Waals surface area contributed by atoms with Crippen molar-refractivity contribution in [1.29, 1.82) is 0 Å². The smallest absolute Gasteiger partial charge is 0.292 e. The first kappa shape index (κ1) is 17.7. The number of sulfonamides is 1. The van der Waals surface area contributed by atoms with E-state index in [-0.39, 0.29) is 4.90 Å². The molecule has 0 saturated heterocycles. The minimum atomic E-state index is -4.03. The van der Waals surface area contributed by atoms with Crippen LogP contribution in [0.5, 0.6) is 5.75 Å². The number of hydrogen-bond acceptors (Lipinski definition) is 6. The molecule has 1 N–H and O–H groups in total. The van der Waals surface area contributed by atoms with Crippen LogP contribution in [0.1, 0.15) is 20.3 Å². The number of benzene rings is 1. The van der Waals surface area contributed by atoms with E-state index >= 15 is 0 Å². The molecule has 0 unspecified atom stereocenters. The largest absolute Gasteiger partial charge is 0.496 e. The molecule has 0 amide bonds. The summed E-state index contributed by atoms with van der Waals surface area (Å²) in [5.74, 6) is 1.02. The Bertz CT molecular complexity index is 643. The summed E-state index contributed by atoms with van der Waals surface area (Å²) in [6, 6.07) is 4.24. The number of aliphatic hydroxyl groups is 1. The Balaban J connectivity index is 2.97. The second-order valence-electron chi connectivity index (χ2n) is 4.88. The predicted molar refractivity (Wildman–Crippen MR) is 79.9 cm³/mol. The van der Waals surface area contributed by atoms with E-state index < -0.39 is 15.6 Å². The van der Waals surface area contributed by atoms with Gasteiger partial charge in [-0.05, 0) is 32.4 Å². The molecule has 0 heterocycles. The summed E-state index contributed by atoms with van der Waals surface area (Å²) < 4.78 is 31.2. The van der Waals surface area contributed by atoms with Crippen molar-refractivity contribution in [2.24, 2.45) is 4.40 Å². The minimum absolute atomic E-state index is 0.130. The molecule has 0 aliphatic heterocycles. The van der Waals surface area contributed by atoms with Crippen LogP contribution in [0.2, 0.25) is 0 Å².